The smallest absolute Gasteiger partial charge is 0.310 e. The number of hydrogen-bond donors (Lipinski definition) is 1. The van der Waals surface area contributed by atoms with Crippen LogP contribution in [0.3, 0.4) is 0 Å². The van der Waals surface area contributed by atoms with Gasteiger partial charge in [0.05, 0.1) is 19.1 Å². The second kappa shape index (κ2) is 13.0. The summed E-state index contributed by atoms with van der Waals surface area (Å²) in [6, 6.07) is 8.61. The molecule has 1 unspecified atom stereocenters. The number of piperidine rings is 1. The lowest BCUT2D eigenvalue weighted by Crippen LogP contribution is -2.48. The Kier molecular flexibility index (Phi) is 11.4. The van der Waals surface area contributed by atoms with Gasteiger partial charge in [-0.3, -0.25) is 4.79 Å². The predicted octanol–water partition coefficient (Wildman–Crippen LogP) is 3.11. The average Bonchev–Trinajstić information content (AvgIpc) is 2.66. The van der Waals surface area contributed by atoms with Crippen LogP contribution >= 0.6 is 24.0 Å². The van der Waals surface area contributed by atoms with Crippen molar-refractivity contribution in [2.75, 3.05) is 40.3 Å². The van der Waals surface area contributed by atoms with Gasteiger partial charge in [-0.15, -0.1) is 24.0 Å². The number of aliphatic imine (C=N–C) groups is 1. The average molecular weight is 502 g/mol. The van der Waals surface area contributed by atoms with E-state index in [-0.39, 0.29) is 35.9 Å². The molecule has 0 aromatic heterocycles. The largest absolute Gasteiger partial charge is 0.466 e. The van der Waals surface area contributed by atoms with Gasteiger partial charge < -0.3 is 19.9 Å². The molecule has 1 heterocycles. The van der Waals surface area contributed by atoms with Gasteiger partial charge >= 0.3 is 5.97 Å². The van der Waals surface area contributed by atoms with Gasteiger partial charge in [-0.1, -0.05) is 24.3 Å². The van der Waals surface area contributed by atoms with Crippen LogP contribution < -0.4 is 5.32 Å². The van der Waals surface area contributed by atoms with Gasteiger partial charge in [0.2, 0.25) is 0 Å². The SMILES string of the molecule is CCNC(=NCc1ccc(CN(C)C)cc1)N1CCCC(C(=O)OCC)C1.I. The molecule has 1 aliphatic heterocycles. The molecule has 28 heavy (non-hydrogen) atoms. The number of benzene rings is 1. The van der Waals surface area contributed by atoms with E-state index < -0.39 is 0 Å². The summed E-state index contributed by atoms with van der Waals surface area (Å²) in [4.78, 5) is 21.3. The molecule has 1 N–H and O–H groups in total. The number of guanidine groups is 1. The molecule has 0 saturated carbocycles. The fraction of sp³-hybridized carbons (Fsp3) is 0.619. The maximum atomic E-state index is 12.1. The van der Waals surface area contributed by atoms with Crippen LogP contribution in [-0.2, 0) is 22.6 Å². The highest BCUT2D eigenvalue weighted by Gasteiger charge is 2.28. The number of esters is 1. The number of carbonyl (C=O) groups excluding carboxylic acids is 1. The fourth-order valence-electron chi connectivity index (χ4n) is 3.33. The third kappa shape index (κ3) is 7.95. The van der Waals surface area contributed by atoms with E-state index in [4.69, 9.17) is 9.73 Å². The van der Waals surface area contributed by atoms with Crippen LogP contribution in [0, 0.1) is 5.92 Å². The molecule has 6 nitrogen and oxygen atoms in total. The van der Waals surface area contributed by atoms with Crippen LogP contribution in [0.4, 0.5) is 0 Å². The first-order valence-electron chi connectivity index (χ1n) is 9.95. The zero-order valence-corrected chi connectivity index (χ0v) is 19.9. The van der Waals surface area contributed by atoms with Gasteiger partial charge in [0, 0.05) is 26.2 Å². The maximum absolute atomic E-state index is 12.1. The molecule has 7 heteroatoms. The summed E-state index contributed by atoms with van der Waals surface area (Å²) in [7, 11) is 4.14. The van der Waals surface area contributed by atoms with Crippen LogP contribution in [0.5, 0.6) is 0 Å². The Hall–Kier alpha value is -1.35. The number of carbonyl (C=O) groups is 1. The van der Waals surface area contributed by atoms with Crippen LogP contribution in [0.2, 0.25) is 0 Å². The molecule has 0 aliphatic carbocycles. The third-order valence-electron chi connectivity index (χ3n) is 4.61. The summed E-state index contributed by atoms with van der Waals surface area (Å²) in [5, 5.41) is 3.37. The van der Waals surface area contributed by atoms with Crippen molar-refractivity contribution >= 4 is 35.9 Å². The summed E-state index contributed by atoms with van der Waals surface area (Å²) in [6.07, 6.45) is 1.87. The van der Waals surface area contributed by atoms with Crippen LogP contribution in [0.1, 0.15) is 37.8 Å². The van der Waals surface area contributed by atoms with Crippen molar-refractivity contribution in [2.45, 2.75) is 39.8 Å². The quantitative estimate of drug-likeness (QED) is 0.269. The van der Waals surface area contributed by atoms with E-state index in [0.29, 0.717) is 19.7 Å². The molecule has 0 spiro atoms. The van der Waals surface area contributed by atoms with Gasteiger partial charge in [0.1, 0.15) is 0 Å². The number of hydrogen-bond acceptors (Lipinski definition) is 4. The Bertz CT molecular complexity index is 619. The number of halogens is 1. The highest BCUT2D eigenvalue weighted by molar-refractivity contribution is 14.0. The van der Waals surface area contributed by atoms with Gasteiger partial charge in [-0.25, -0.2) is 4.99 Å². The molecule has 2 rings (SSSR count). The van der Waals surface area contributed by atoms with Crippen molar-refractivity contribution < 1.29 is 9.53 Å². The molecule has 0 radical (unpaired) electrons. The number of nitrogens with zero attached hydrogens (tertiary/aromatic N) is 3. The minimum Gasteiger partial charge on any atom is -0.466 e. The number of rotatable bonds is 7. The van der Waals surface area contributed by atoms with Crippen molar-refractivity contribution in [3.05, 3.63) is 35.4 Å². The van der Waals surface area contributed by atoms with Crippen LogP contribution in [0.25, 0.3) is 0 Å². The molecular weight excluding hydrogens is 467 g/mol. The van der Waals surface area contributed by atoms with E-state index in [2.05, 4.69) is 60.4 Å². The first-order valence-corrected chi connectivity index (χ1v) is 9.95. The summed E-state index contributed by atoms with van der Waals surface area (Å²) in [5.41, 5.74) is 2.49. The molecule has 0 bridgehead atoms. The zero-order chi connectivity index (χ0) is 19.6. The molecule has 1 aromatic rings. The molecular formula is C21H35IN4O2. The molecule has 158 valence electrons. The van der Waals surface area contributed by atoms with Crippen molar-refractivity contribution in [1.29, 1.82) is 0 Å². The van der Waals surface area contributed by atoms with Crippen LogP contribution in [0.15, 0.2) is 29.3 Å². The van der Waals surface area contributed by atoms with Gasteiger partial charge in [-0.05, 0) is 51.9 Å². The van der Waals surface area contributed by atoms with E-state index in [1.165, 1.54) is 11.1 Å². The first kappa shape index (κ1) is 24.7. The minimum atomic E-state index is -0.0884. The molecule has 1 saturated heterocycles. The number of likely N-dealkylation sites (tertiary alicyclic amines) is 1. The van der Waals surface area contributed by atoms with Gasteiger partial charge in [0.15, 0.2) is 5.96 Å². The molecule has 1 aromatic carbocycles. The van der Waals surface area contributed by atoms with E-state index in [1.807, 2.05) is 6.92 Å². The zero-order valence-electron chi connectivity index (χ0n) is 17.6. The normalized spacial score (nSPS) is 17.2. The molecule has 1 aliphatic rings. The Balaban J connectivity index is 0.00000392. The van der Waals surface area contributed by atoms with Crippen molar-refractivity contribution in [1.82, 2.24) is 15.1 Å². The van der Waals surface area contributed by atoms with Crippen molar-refractivity contribution in [3.8, 4) is 0 Å². The lowest BCUT2D eigenvalue weighted by Gasteiger charge is -2.34. The van der Waals surface area contributed by atoms with Crippen LogP contribution in [-0.4, -0.2) is 62.1 Å². The third-order valence-corrected chi connectivity index (χ3v) is 4.61. The summed E-state index contributed by atoms with van der Waals surface area (Å²) in [6.45, 7) is 8.33. The maximum Gasteiger partial charge on any atom is 0.310 e. The lowest BCUT2D eigenvalue weighted by atomic mass is 9.98. The summed E-state index contributed by atoms with van der Waals surface area (Å²) >= 11 is 0. The van der Waals surface area contributed by atoms with E-state index in [0.717, 1.165) is 38.4 Å². The Morgan fingerprint density at radius 2 is 1.93 bits per heavy atom. The summed E-state index contributed by atoms with van der Waals surface area (Å²) in [5.74, 6) is 0.728. The fourth-order valence-corrected chi connectivity index (χ4v) is 3.33. The molecule has 1 fully saturated rings. The topological polar surface area (TPSA) is 57.2 Å². The molecule has 0 amide bonds. The van der Waals surface area contributed by atoms with Crippen molar-refractivity contribution in [3.63, 3.8) is 0 Å². The summed E-state index contributed by atoms with van der Waals surface area (Å²) < 4.78 is 5.21. The lowest BCUT2D eigenvalue weighted by molar-refractivity contribution is -0.149. The Labute approximate surface area is 186 Å². The van der Waals surface area contributed by atoms with E-state index in [9.17, 15) is 4.79 Å². The minimum absolute atomic E-state index is 0. The number of ether oxygens (including phenoxy) is 1. The highest BCUT2D eigenvalue weighted by Crippen LogP contribution is 2.18. The molecule has 1 atom stereocenters. The van der Waals surface area contributed by atoms with E-state index in [1.54, 1.807) is 0 Å². The standard InChI is InChI=1S/C21H34N4O2.HI/c1-5-22-21(25-13-7-8-19(16-25)20(26)27-6-2)23-14-17-9-11-18(12-10-17)15-24(3)4;/h9-12,19H,5-8,13-16H2,1-4H3,(H,22,23);1H. The van der Waals surface area contributed by atoms with Gasteiger partial charge in [-0.2, -0.15) is 0 Å². The predicted molar refractivity (Wildman–Crippen MR) is 125 cm³/mol. The Morgan fingerprint density at radius 1 is 1.25 bits per heavy atom. The highest BCUT2D eigenvalue weighted by atomic mass is 127. The second-order valence-electron chi connectivity index (χ2n) is 7.26. The monoisotopic (exact) mass is 502 g/mol. The number of nitrogens with one attached hydrogen (secondary N) is 1. The van der Waals surface area contributed by atoms with Gasteiger partial charge in [0.25, 0.3) is 0 Å². The Morgan fingerprint density at radius 3 is 2.54 bits per heavy atom. The van der Waals surface area contributed by atoms with Crippen molar-refractivity contribution in [2.24, 2.45) is 10.9 Å². The van der Waals surface area contributed by atoms with E-state index >= 15 is 0 Å². The first-order chi connectivity index (χ1) is 13.0. The second-order valence-corrected chi connectivity index (χ2v) is 7.26.